The second-order valence-corrected chi connectivity index (χ2v) is 5.15. The van der Waals surface area contributed by atoms with Crippen LogP contribution in [0.3, 0.4) is 0 Å². The maximum absolute atomic E-state index is 12.3. The molecule has 0 spiro atoms. The summed E-state index contributed by atoms with van der Waals surface area (Å²) in [6.45, 7) is 4.13. The third-order valence-electron chi connectivity index (χ3n) is 3.71. The van der Waals surface area contributed by atoms with Gasteiger partial charge >= 0.3 is 0 Å². The van der Waals surface area contributed by atoms with E-state index in [2.05, 4.69) is 5.32 Å². The van der Waals surface area contributed by atoms with Crippen LogP contribution in [0.15, 0.2) is 18.2 Å². The van der Waals surface area contributed by atoms with Crippen LogP contribution < -0.4 is 11.1 Å². The van der Waals surface area contributed by atoms with Crippen LogP contribution >= 0.6 is 0 Å². The molecule has 0 bridgehead atoms. The molecule has 1 aliphatic carbocycles. The largest absolute Gasteiger partial charge is 0.376 e. The van der Waals surface area contributed by atoms with Gasteiger partial charge in [-0.25, -0.2) is 0 Å². The highest BCUT2D eigenvalue weighted by molar-refractivity contribution is 5.96. The van der Waals surface area contributed by atoms with Gasteiger partial charge in [-0.15, -0.1) is 0 Å². The molecule has 3 N–H and O–H groups in total. The van der Waals surface area contributed by atoms with Crippen LogP contribution in [-0.2, 0) is 4.74 Å². The fourth-order valence-electron chi connectivity index (χ4n) is 2.47. The van der Waals surface area contributed by atoms with E-state index in [9.17, 15) is 14.9 Å². The normalized spacial score (nSPS) is 24.2. The summed E-state index contributed by atoms with van der Waals surface area (Å²) in [5.41, 5.74) is 6.83. The van der Waals surface area contributed by atoms with Gasteiger partial charge in [0.1, 0.15) is 0 Å². The molecule has 1 amide bonds. The molecule has 0 radical (unpaired) electrons. The summed E-state index contributed by atoms with van der Waals surface area (Å²) in [5.74, 6) is -0.285. The topological polar surface area (TPSA) is 107 Å². The van der Waals surface area contributed by atoms with Crippen molar-refractivity contribution in [2.75, 3.05) is 6.61 Å². The molecule has 0 saturated heterocycles. The number of carbonyl (C=O) groups excluding carboxylic acids is 1. The van der Waals surface area contributed by atoms with Gasteiger partial charge in [-0.05, 0) is 31.9 Å². The van der Waals surface area contributed by atoms with E-state index in [-0.39, 0.29) is 29.8 Å². The van der Waals surface area contributed by atoms with Crippen molar-refractivity contribution in [3.05, 3.63) is 39.4 Å². The smallest absolute Gasteiger partial charge is 0.269 e. The van der Waals surface area contributed by atoms with Gasteiger partial charge in [0.25, 0.3) is 11.6 Å². The zero-order valence-corrected chi connectivity index (χ0v) is 12.0. The first-order valence-electron chi connectivity index (χ1n) is 6.87. The van der Waals surface area contributed by atoms with Crippen molar-refractivity contribution in [3.8, 4) is 0 Å². The number of benzene rings is 1. The quantitative estimate of drug-likeness (QED) is 0.625. The fourth-order valence-corrected chi connectivity index (χ4v) is 2.47. The number of amides is 1. The molecule has 0 heterocycles. The van der Waals surface area contributed by atoms with E-state index in [0.717, 1.165) is 6.42 Å². The van der Waals surface area contributed by atoms with Gasteiger partial charge in [0, 0.05) is 30.3 Å². The minimum atomic E-state index is -0.484. The van der Waals surface area contributed by atoms with E-state index in [0.29, 0.717) is 17.7 Å². The molecular weight excluding hydrogens is 274 g/mol. The molecular formula is C14H19N3O4. The van der Waals surface area contributed by atoms with Gasteiger partial charge in [-0.3, -0.25) is 14.9 Å². The number of nitrogens with zero attached hydrogens (tertiary/aromatic N) is 1. The molecule has 1 aromatic carbocycles. The van der Waals surface area contributed by atoms with Crippen LogP contribution in [0.25, 0.3) is 0 Å². The minimum Gasteiger partial charge on any atom is -0.376 e. The molecule has 114 valence electrons. The highest BCUT2D eigenvalue weighted by atomic mass is 16.6. The average molecular weight is 293 g/mol. The van der Waals surface area contributed by atoms with Crippen molar-refractivity contribution in [1.29, 1.82) is 0 Å². The Morgan fingerprint density at radius 1 is 1.57 bits per heavy atom. The van der Waals surface area contributed by atoms with Gasteiger partial charge in [0.2, 0.25) is 0 Å². The number of nitro benzene ring substituents is 1. The first-order chi connectivity index (χ1) is 9.93. The molecule has 1 aliphatic rings. The molecule has 21 heavy (non-hydrogen) atoms. The Balaban J connectivity index is 2.08. The minimum absolute atomic E-state index is 0.0309. The summed E-state index contributed by atoms with van der Waals surface area (Å²) >= 11 is 0. The molecule has 2 rings (SSSR count). The Morgan fingerprint density at radius 2 is 2.29 bits per heavy atom. The molecule has 3 atom stereocenters. The molecule has 0 aromatic heterocycles. The van der Waals surface area contributed by atoms with Gasteiger partial charge in [0.05, 0.1) is 17.1 Å². The molecule has 0 aliphatic heterocycles. The first-order valence-corrected chi connectivity index (χ1v) is 6.87. The zero-order valence-electron chi connectivity index (χ0n) is 12.0. The molecule has 1 fully saturated rings. The standard InChI is InChI=1S/C14H19N3O4/c1-3-21-12-7-11(15)13(12)16-14(18)10-5-4-9(17(19)20)6-8(10)2/h4-6,11-13H,3,7,15H2,1-2H3,(H,16,18). The maximum atomic E-state index is 12.3. The summed E-state index contributed by atoms with van der Waals surface area (Å²) in [6.07, 6.45) is 0.658. The Hall–Kier alpha value is -1.99. The SMILES string of the molecule is CCOC1CC(N)C1NC(=O)c1ccc([N+](=O)[O-])cc1C. The number of nitrogens with one attached hydrogen (secondary N) is 1. The number of ether oxygens (including phenoxy) is 1. The number of carbonyl (C=O) groups is 1. The van der Waals surface area contributed by atoms with Gasteiger partial charge in [0.15, 0.2) is 0 Å². The summed E-state index contributed by atoms with van der Waals surface area (Å²) in [4.78, 5) is 22.5. The van der Waals surface area contributed by atoms with Crippen molar-refractivity contribution < 1.29 is 14.5 Å². The van der Waals surface area contributed by atoms with E-state index >= 15 is 0 Å². The van der Waals surface area contributed by atoms with E-state index in [4.69, 9.17) is 10.5 Å². The van der Waals surface area contributed by atoms with Crippen LogP contribution in [-0.4, -0.2) is 35.6 Å². The lowest BCUT2D eigenvalue weighted by molar-refractivity contribution is -0.384. The zero-order chi connectivity index (χ0) is 15.6. The number of nitro groups is 1. The van der Waals surface area contributed by atoms with Crippen molar-refractivity contribution in [2.45, 2.75) is 38.5 Å². The van der Waals surface area contributed by atoms with Crippen LogP contribution in [0.2, 0.25) is 0 Å². The number of aryl methyl sites for hydroxylation is 1. The molecule has 3 unspecified atom stereocenters. The van der Waals surface area contributed by atoms with Crippen LogP contribution in [0, 0.1) is 17.0 Å². The summed E-state index contributed by atoms with van der Waals surface area (Å²) < 4.78 is 5.49. The highest BCUT2D eigenvalue weighted by Crippen LogP contribution is 2.24. The van der Waals surface area contributed by atoms with Gasteiger partial charge in [-0.2, -0.15) is 0 Å². The Labute approximate surface area is 122 Å². The van der Waals surface area contributed by atoms with Gasteiger partial charge in [-0.1, -0.05) is 0 Å². The van der Waals surface area contributed by atoms with E-state index in [1.165, 1.54) is 18.2 Å². The van der Waals surface area contributed by atoms with Crippen LogP contribution in [0.5, 0.6) is 0 Å². The summed E-state index contributed by atoms with van der Waals surface area (Å²) in [5, 5.41) is 13.5. The number of hydrogen-bond acceptors (Lipinski definition) is 5. The number of non-ortho nitro benzene ring substituents is 1. The number of hydrogen-bond donors (Lipinski definition) is 2. The summed E-state index contributed by atoms with van der Waals surface area (Å²) in [6, 6.07) is 3.83. The van der Waals surface area contributed by atoms with Crippen molar-refractivity contribution in [2.24, 2.45) is 5.73 Å². The number of nitrogens with two attached hydrogens (primary N) is 1. The molecule has 1 saturated carbocycles. The Bertz CT molecular complexity index is 559. The van der Waals surface area contributed by atoms with E-state index < -0.39 is 4.92 Å². The lowest BCUT2D eigenvalue weighted by Gasteiger charge is -2.42. The van der Waals surface area contributed by atoms with Crippen molar-refractivity contribution in [1.82, 2.24) is 5.32 Å². The fraction of sp³-hybridized carbons (Fsp3) is 0.500. The number of rotatable bonds is 5. The molecule has 1 aromatic rings. The molecule has 7 heteroatoms. The van der Waals surface area contributed by atoms with E-state index in [1.54, 1.807) is 6.92 Å². The van der Waals surface area contributed by atoms with E-state index in [1.807, 2.05) is 6.92 Å². The predicted octanol–water partition coefficient (Wildman–Crippen LogP) is 1.14. The van der Waals surface area contributed by atoms with Crippen LogP contribution in [0.4, 0.5) is 5.69 Å². The lowest BCUT2D eigenvalue weighted by Crippen LogP contribution is -2.64. The average Bonchev–Trinajstić information content (AvgIpc) is 2.44. The highest BCUT2D eigenvalue weighted by Gasteiger charge is 2.40. The molecule has 7 nitrogen and oxygen atoms in total. The Morgan fingerprint density at radius 3 is 2.81 bits per heavy atom. The Kier molecular flexibility index (Phi) is 4.54. The second kappa shape index (κ2) is 6.19. The maximum Gasteiger partial charge on any atom is 0.269 e. The predicted molar refractivity (Wildman–Crippen MR) is 77.1 cm³/mol. The van der Waals surface area contributed by atoms with Crippen LogP contribution in [0.1, 0.15) is 29.3 Å². The van der Waals surface area contributed by atoms with Crippen molar-refractivity contribution in [3.63, 3.8) is 0 Å². The van der Waals surface area contributed by atoms with Gasteiger partial charge < -0.3 is 15.8 Å². The van der Waals surface area contributed by atoms with Crippen molar-refractivity contribution >= 4 is 11.6 Å². The lowest BCUT2D eigenvalue weighted by atomic mass is 9.83. The third kappa shape index (κ3) is 3.20. The first kappa shape index (κ1) is 15.4. The third-order valence-corrected chi connectivity index (χ3v) is 3.71. The summed E-state index contributed by atoms with van der Waals surface area (Å²) in [7, 11) is 0. The second-order valence-electron chi connectivity index (χ2n) is 5.15. The monoisotopic (exact) mass is 293 g/mol.